The van der Waals surface area contributed by atoms with Crippen molar-refractivity contribution in [3.8, 4) is 28.6 Å². The summed E-state index contributed by atoms with van der Waals surface area (Å²) in [7, 11) is 0. The van der Waals surface area contributed by atoms with E-state index in [1.807, 2.05) is 104 Å². The molecule has 0 aliphatic heterocycles. The fourth-order valence-corrected chi connectivity index (χ4v) is 7.15. The third-order valence-corrected chi connectivity index (χ3v) is 9.34. The highest BCUT2D eigenvalue weighted by atomic mass is 19.4. The van der Waals surface area contributed by atoms with Crippen LogP contribution < -0.4 is 0 Å². The number of fused-ring (bicyclic) bond motifs is 6. The lowest BCUT2D eigenvalue weighted by Gasteiger charge is -2.23. The molecule has 0 bridgehead atoms. The first-order valence-corrected chi connectivity index (χ1v) is 15.8. The fraction of sp³-hybridized carbons (Fsp3) is 0.119. The van der Waals surface area contributed by atoms with Crippen LogP contribution in [0.3, 0.4) is 0 Å². The summed E-state index contributed by atoms with van der Waals surface area (Å²) in [5.41, 5.74) is 7.95. The van der Waals surface area contributed by atoms with Crippen molar-refractivity contribution in [3.05, 3.63) is 143 Å². The maximum atomic E-state index is 15.7. The highest BCUT2D eigenvalue weighted by Gasteiger charge is 2.38. The minimum absolute atomic E-state index is 0.0562. The van der Waals surface area contributed by atoms with E-state index in [2.05, 4.69) is 18.2 Å². The second-order valence-electron chi connectivity index (χ2n) is 12.8. The molecule has 0 radical (unpaired) electrons. The minimum Gasteiger partial charge on any atom is -0.307 e. The Morgan fingerprint density at radius 1 is 0.521 bits per heavy atom. The van der Waals surface area contributed by atoms with Gasteiger partial charge < -0.3 is 9.13 Å². The molecule has 0 N–H and O–H groups in total. The Labute approximate surface area is 275 Å². The summed E-state index contributed by atoms with van der Waals surface area (Å²) < 4.78 is 51.0. The summed E-state index contributed by atoms with van der Waals surface area (Å²) in [6.07, 6.45) is -4.71. The summed E-state index contributed by atoms with van der Waals surface area (Å²) in [4.78, 5) is 0. The number of aromatic nitrogens is 2. The van der Waals surface area contributed by atoms with Crippen LogP contribution in [0.15, 0.2) is 109 Å². The highest BCUT2D eigenvalue weighted by Crippen LogP contribution is 2.46. The molecule has 8 rings (SSSR count). The maximum absolute atomic E-state index is 15.7. The number of nitriles is 1. The number of nitrogens with zero attached hydrogens (tertiary/aromatic N) is 3. The Morgan fingerprint density at radius 2 is 0.979 bits per heavy atom. The lowest BCUT2D eigenvalue weighted by Crippen LogP contribution is -2.15. The van der Waals surface area contributed by atoms with Gasteiger partial charge in [-0.3, -0.25) is 0 Å². The Hall–Kier alpha value is -5.80. The molecule has 0 spiro atoms. The predicted molar refractivity (Wildman–Crippen MR) is 189 cm³/mol. The molecule has 0 unspecified atom stereocenters. The van der Waals surface area contributed by atoms with Gasteiger partial charge >= 0.3 is 6.18 Å². The SMILES string of the molecule is Cc1ccc2c3ccc(C)cc3n(-c3cc(-c4cccc(C#N)c4)cc(C(F)(F)F)c3-n3c4cc(C)ccc4c4ccc(C)cc43)c2c1. The molecular formula is C42H30F3N3. The minimum atomic E-state index is -4.71. The van der Waals surface area contributed by atoms with Gasteiger partial charge in [-0.25, -0.2) is 0 Å². The van der Waals surface area contributed by atoms with Crippen LogP contribution in [0, 0.1) is 39.0 Å². The van der Waals surface area contributed by atoms with Gasteiger partial charge in [0.05, 0.1) is 50.6 Å². The molecule has 3 nitrogen and oxygen atoms in total. The smallest absolute Gasteiger partial charge is 0.307 e. The van der Waals surface area contributed by atoms with E-state index in [9.17, 15) is 5.26 Å². The molecule has 0 saturated heterocycles. The van der Waals surface area contributed by atoms with Gasteiger partial charge in [0.1, 0.15) is 0 Å². The normalized spacial score (nSPS) is 12.0. The summed E-state index contributed by atoms with van der Waals surface area (Å²) in [6.45, 7) is 7.91. The van der Waals surface area contributed by atoms with E-state index in [4.69, 9.17) is 0 Å². The maximum Gasteiger partial charge on any atom is 0.418 e. The molecule has 0 aliphatic carbocycles. The van der Waals surface area contributed by atoms with Gasteiger partial charge in [0, 0.05) is 21.5 Å². The van der Waals surface area contributed by atoms with Crippen molar-refractivity contribution in [1.29, 1.82) is 5.26 Å². The van der Waals surface area contributed by atoms with E-state index >= 15 is 13.2 Å². The number of aryl methyl sites for hydroxylation is 4. The van der Waals surface area contributed by atoms with Crippen molar-refractivity contribution in [1.82, 2.24) is 9.13 Å². The molecule has 234 valence electrons. The summed E-state index contributed by atoms with van der Waals surface area (Å²) >= 11 is 0. The summed E-state index contributed by atoms with van der Waals surface area (Å²) in [5, 5.41) is 13.3. The summed E-state index contributed by atoms with van der Waals surface area (Å²) in [6, 6.07) is 36.2. The van der Waals surface area contributed by atoms with E-state index in [0.717, 1.165) is 54.8 Å². The van der Waals surface area contributed by atoms with Crippen LogP contribution in [0.4, 0.5) is 13.2 Å². The zero-order valence-electron chi connectivity index (χ0n) is 26.9. The van der Waals surface area contributed by atoms with Crippen LogP contribution in [-0.2, 0) is 6.18 Å². The second-order valence-corrected chi connectivity index (χ2v) is 12.8. The van der Waals surface area contributed by atoms with Gasteiger partial charge in [-0.1, -0.05) is 60.7 Å². The topological polar surface area (TPSA) is 33.6 Å². The van der Waals surface area contributed by atoms with Crippen molar-refractivity contribution in [3.63, 3.8) is 0 Å². The van der Waals surface area contributed by atoms with Gasteiger partial charge in [-0.15, -0.1) is 0 Å². The lowest BCUT2D eigenvalue weighted by atomic mass is 9.98. The Morgan fingerprint density at radius 3 is 1.42 bits per heavy atom. The van der Waals surface area contributed by atoms with Crippen LogP contribution in [0.2, 0.25) is 0 Å². The number of hydrogen-bond donors (Lipinski definition) is 0. The van der Waals surface area contributed by atoms with E-state index in [1.54, 1.807) is 24.3 Å². The monoisotopic (exact) mass is 633 g/mol. The fourth-order valence-electron chi connectivity index (χ4n) is 7.15. The molecule has 0 fully saturated rings. The van der Waals surface area contributed by atoms with Crippen molar-refractivity contribution in [2.75, 3.05) is 0 Å². The van der Waals surface area contributed by atoms with Crippen molar-refractivity contribution in [2.45, 2.75) is 33.9 Å². The van der Waals surface area contributed by atoms with Gasteiger partial charge in [-0.05, 0) is 110 Å². The number of rotatable bonds is 3. The van der Waals surface area contributed by atoms with Gasteiger partial charge in [0.25, 0.3) is 0 Å². The molecular weight excluding hydrogens is 603 g/mol. The van der Waals surface area contributed by atoms with E-state index < -0.39 is 11.7 Å². The van der Waals surface area contributed by atoms with Crippen LogP contribution in [-0.4, -0.2) is 9.13 Å². The molecule has 48 heavy (non-hydrogen) atoms. The lowest BCUT2D eigenvalue weighted by molar-refractivity contribution is -0.137. The standard InChI is InChI=1S/C42H30F3N3/c1-24-8-12-31-32-13-9-25(2)17-37(32)47(36(31)16-24)40-22-30(29-7-5-6-28(20-29)23-46)21-35(42(43,44)45)41(40)48-38-18-26(3)10-14-33(38)34-15-11-27(4)19-39(34)48/h5-22H,1-4H3. The Bertz CT molecular complexity index is 2540. The largest absolute Gasteiger partial charge is 0.418 e. The average molecular weight is 634 g/mol. The number of halogens is 3. The first-order chi connectivity index (χ1) is 23.0. The van der Waals surface area contributed by atoms with E-state index in [1.165, 1.54) is 6.07 Å². The molecule has 6 aromatic carbocycles. The van der Waals surface area contributed by atoms with Gasteiger partial charge in [0.2, 0.25) is 0 Å². The molecule has 0 aliphatic rings. The highest BCUT2D eigenvalue weighted by molar-refractivity contribution is 6.12. The first kappa shape index (κ1) is 29.6. The second kappa shape index (κ2) is 10.6. The van der Waals surface area contributed by atoms with Crippen LogP contribution in [0.5, 0.6) is 0 Å². The van der Waals surface area contributed by atoms with Gasteiger partial charge in [-0.2, -0.15) is 18.4 Å². The predicted octanol–water partition coefficient (Wildman–Crippen LogP) is 11.7. The third-order valence-electron chi connectivity index (χ3n) is 9.34. The number of hydrogen-bond acceptors (Lipinski definition) is 1. The van der Waals surface area contributed by atoms with Crippen molar-refractivity contribution < 1.29 is 13.2 Å². The molecule has 6 heteroatoms. The van der Waals surface area contributed by atoms with Crippen LogP contribution in [0.25, 0.3) is 66.1 Å². The van der Waals surface area contributed by atoms with Crippen molar-refractivity contribution in [2.24, 2.45) is 0 Å². The number of alkyl halides is 3. The zero-order valence-corrected chi connectivity index (χ0v) is 26.9. The molecule has 0 atom stereocenters. The average Bonchev–Trinajstić information content (AvgIpc) is 3.53. The number of benzene rings is 6. The quantitative estimate of drug-likeness (QED) is 0.191. The molecule has 2 aromatic heterocycles. The van der Waals surface area contributed by atoms with E-state index in [0.29, 0.717) is 33.4 Å². The molecule has 2 heterocycles. The molecule has 0 saturated carbocycles. The third kappa shape index (κ3) is 4.57. The zero-order chi connectivity index (χ0) is 33.5. The van der Waals surface area contributed by atoms with Gasteiger partial charge in [0.15, 0.2) is 0 Å². The first-order valence-electron chi connectivity index (χ1n) is 15.8. The van der Waals surface area contributed by atoms with Crippen LogP contribution >= 0.6 is 0 Å². The molecule has 0 amide bonds. The summed E-state index contributed by atoms with van der Waals surface area (Å²) in [5.74, 6) is 0. The van der Waals surface area contributed by atoms with E-state index in [-0.39, 0.29) is 5.69 Å². The van der Waals surface area contributed by atoms with Crippen LogP contribution in [0.1, 0.15) is 33.4 Å². The Balaban J connectivity index is 1.65. The van der Waals surface area contributed by atoms with Crippen molar-refractivity contribution >= 4 is 43.6 Å². The molecule has 8 aromatic rings. The Kier molecular flexibility index (Phi) is 6.54.